The lowest BCUT2D eigenvalue weighted by molar-refractivity contribution is -0.422. The molecule has 5 heteroatoms. The highest BCUT2D eigenvalue weighted by Gasteiger charge is 2.07. The Balaban J connectivity index is 2.55. The first-order valence-electron chi connectivity index (χ1n) is 5.09. The van der Waals surface area contributed by atoms with E-state index in [1.54, 1.807) is 13.3 Å². The molecule has 0 aliphatic carbocycles. The molecule has 2 rings (SSSR count). The molecule has 1 N–H and O–H groups in total. The summed E-state index contributed by atoms with van der Waals surface area (Å²) in [5.74, 6) is 0.727. The molecule has 0 fully saturated rings. The van der Waals surface area contributed by atoms with Crippen LogP contribution in [-0.4, -0.2) is 17.0 Å². The van der Waals surface area contributed by atoms with E-state index in [9.17, 15) is 10.1 Å². The number of hydrogen-bond acceptors (Lipinski definition) is 3. The quantitative estimate of drug-likeness (QED) is 0.653. The third-order valence-corrected chi connectivity index (χ3v) is 2.57. The second-order valence-corrected chi connectivity index (χ2v) is 3.70. The van der Waals surface area contributed by atoms with Gasteiger partial charge >= 0.3 is 0 Å². The number of fused-ring (bicyclic) bond motifs is 1. The number of hydrogen-bond donors (Lipinski definition) is 1. The van der Waals surface area contributed by atoms with Crippen molar-refractivity contribution in [1.29, 1.82) is 0 Å². The highest BCUT2D eigenvalue weighted by Crippen LogP contribution is 2.25. The average Bonchev–Trinajstić information content (AvgIpc) is 2.71. The van der Waals surface area contributed by atoms with Crippen LogP contribution in [0.15, 0.2) is 30.1 Å². The van der Waals surface area contributed by atoms with Gasteiger partial charge in [0.2, 0.25) is 5.70 Å². The number of nitro groups is 1. The van der Waals surface area contributed by atoms with E-state index in [1.165, 1.54) is 13.0 Å². The van der Waals surface area contributed by atoms with Crippen molar-refractivity contribution in [3.63, 3.8) is 0 Å². The molecule has 5 nitrogen and oxygen atoms in total. The summed E-state index contributed by atoms with van der Waals surface area (Å²) in [7, 11) is 1.59. The van der Waals surface area contributed by atoms with E-state index in [2.05, 4.69) is 4.98 Å². The Bertz CT molecular complexity index is 599. The van der Waals surface area contributed by atoms with Gasteiger partial charge in [-0.2, -0.15) is 0 Å². The van der Waals surface area contributed by atoms with Gasteiger partial charge in [-0.25, -0.2) is 0 Å². The Hall–Kier alpha value is -2.30. The lowest BCUT2D eigenvalue weighted by Gasteiger charge is -1.99. The van der Waals surface area contributed by atoms with Crippen molar-refractivity contribution in [2.75, 3.05) is 7.11 Å². The summed E-state index contributed by atoms with van der Waals surface area (Å²) in [6, 6.07) is 5.57. The molecule has 0 bridgehead atoms. The first-order chi connectivity index (χ1) is 8.11. The van der Waals surface area contributed by atoms with Gasteiger partial charge in [0.25, 0.3) is 0 Å². The fourth-order valence-corrected chi connectivity index (χ4v) is 1.65. The van der Waals surface area contributed by atoms with Crippen LogP contribution in [0.25, 0.3) is 17.0 Å². The van der Waals surface area contributed by atoms with Gasteiger partial charge < -0.3 is 9.72 Å². The predicted octanol–water partition coefficient (Wildman–Crippen LogP) is 2.81. The summed E-state index contributed by atoms with van der Waals surface area (Å²) < 4.78 is 5.13. The highest BCUT2D eigenvalue weighted by atomic mass is 16.6. The maximum atomic E-state index is 10.6. The Labute approximate surface area is 97.9 Å². The van der Waals surface area contributed by atoms with Gasteiger partial charge in [0, 0.05) is 35.7 Å². The number of rotatable bonds is 3. The monoisotopic (exact) mass is 232 g/mol. The number of methoxy groups -OCH3 is 1. The maximum Gasteiger partial charge on any atom is 0.243 e. The molecule has 0 radical (unpaired) electrons. The Morgan fingerprint density at radius 3 is 2.94 bits per heavy atom. The van der Waals surface area contributed by atoms with Crippen LogP contribution in [0.5, 0.6) is 5.75 Å². The minimum atomic E-state index is -0.404. The molecule has 0 saturated heterocycles. The fraction of sp³-hybridized carbons (Fsp3) is 0.167. The normalized spacial score (nSPS) is 11.8. The molecule has 0 aliphatic rings. The molecule has 0 unspecified atom stereocenters. The molecule has 0 atom stereocenters. The average molecular weight is 232 g/mol. The number of aromatic amines is 1. The van der Waals surface area contributed by atoms with Gasteiger partial charge in [-0.3, -0.25) is 10.1 Å². The Morgan fingerprint density at radius 2 is 2.29 bits per heavy atom. The van der Waals surface area contributed by atoms with Crippen LogP contribution >= 0.6 is 0 Å². The van der Waals surface area contributed by atoms with E-state index >= 15 is 0 Å². The van der Waals surface area contributed by atoms with Crippen molar-refractivity contribution in [3.05, 3.63) is 45.8 Å². The minimum Gasteiger partial charge on any atom is -0.497 e. The van der Waals surface area contributed by atoms with Crippen LogP contribution in [-0.2, 0) is 0 Å². The number of aromatic nitrogens is 1. The summed E-state index contributed by atoms with van der Waals surface area (Å²) in [5.41, 5.74) is 1.81. The standard InChI is InChI=1S/C12H12N2O3/c1-8(14(15)16)5-9-7-13-12-4-3-10(17-2)6-11(9)12/h3-7,13H,1-2H3/b8-5-. The van der Waals surface area contributed by atoms with Crippen LogP contribution in [0.1, 0.15) is 12.5 Å². The Morgan fingerprint density at radius 1 is 1.53 bits per heavy atom. The van der Waals surface area contributed by atoms with Crippen molar-refractivity contribution in [2.45, 2.75) is 6.92 Å². The van der Waals surface area contributed by atoms with E-state index in [1.807, 2.05) is 18.2 Å². The van der Waals surface area contributed by atoms with Gasteiger partial charge in [0.1, 0.15) is 5.75 Å². The van der Waals surface area contributed by atoms with Crippen LogP contribution in [0.4, 0.5) is 0 Å². The predicted molar refractivity (Wildman–Crippen MR) is 65.5 cm³/mol. The van der Waals surface area contributed by atoms with E-state index in [0.29, 0.717) is 0 Å². The summed E-state index contributed by atoms with van der Waals surface area (Å²) in [6.07, 6.45) is 3.29. The van der Waals surface area contributed by atoms with Gasteiger partial charge in [-0.05, 0) is 18.2 Å². The summed E-state index contributed by atoms with van der Waals surface area (Å²) in [6.45, 7) is 1.47. The molecule has 1 aromatic carbocycles. The zero-order valence-corrected chi connectivity index (χ0v) is 9.56. The number of nitrogens with one attached hydrogen (secondary N) is 1. The van der Waals surface area contributed by atoms with Crippen molar-refractivity contribution in [2.24, 2.45) is 0 Å². The zero-order chi connectivity index (χ0) is 12.4. The van der Waals surface area contributed by atoms with Gasteiger partial charge in [-0.15, -0.1) is 0 Å². The first-order valence-corrected chi connectivity index (χ1v) is 5.09. The zero-order valence-electron chi connectivity index (χ0n) is 9.56. The van der Waals surface area contributed by atoms with Crippen molar-refractivity contribution in [3.8, 4) is 5.75 Å². The second-order valence-electron chi connectivity index (χ2n) is 3.70. The largest absolute Gasteiger partial charge is 0.497 e. The number of allylic oxidation sites excluding steroid dienone is 1. The summed E-state index contributed by atoms with van der Waals surface area (Å²) in [4.78, 5) is 13.2. The van der Waals surface area contributed by atoms with Crippen LogP contribution < -0.4 is 4.74 Å². The van der Waals surface area contributed by atoms with E-state index in [-0.39, 0.29) is 5.70 Å². The van der Waals surface area contributed by atoms with E-state index in [0.717, 1.165) is 22.2 Å². The summed E-state index contributed by atoms with van der Waals surface area (Å²) in [5, 5.41) is 11.5. The molecular formula is C12H12N2O3. The van der Waals surface area contributed by atoms with E-state index < -0.39 is 4.92 Å². The van der Waals surface area contributed by atoms with Crippen molar-refractivity contribution < 1.29 is 9.66 Å². The SMILES string of the molecule is COc1ccc2[nH]cc(/C=C(/C)[N+](=O)[O-])c2c1. The molecule has 0 amide bonds. The van der Waals surface area contributed by atoms with Gasteiger partial charge in [0.15, 0.2) is 0 Å². The smallest absolute Gasteiger partial charge is 0.243 e. The molecule has 88 valence electrons. The molecule has 0 saturated carbocycles. The first kappa shape index (κ1) is 11.2. The molecule has 2 aromatic rings. The third kappa shape index (κ3) is 2.13. The fourth-order valence-electron chi connectivity index (χ4n) is 1.65. The van der Waals surface area contributed by atoms with Crippen LogP contribution in [0, 0.1) is 10.1 Å². The number of ether oxygens (including phenoxy) is 1. The maximum absolute atomic E-state index is 10.6. The topological polar surface area (TPSA) is 68.2 Å². The van der Waals surface area contributed by atoms with Crippen molar-refractivity contribution in [1.82, 2.24) is 4.98 Å². The number of benzene rings is 1. The van der Waals surface area contributed by atoms with Crippen molar-refractivity contribution >= 4 is 17.0 Å². The lowest BCUT2D eigenvalue weighted by Crippen LogP contribution is -1.92. The number of nitrogens with zero attached hydrogens (tertiary/aromatic N) is 1. The van der Waals surface area contributed by atoms with Crippen LogP contribution in [0.2, 0.25) is 0 Å². The summed E-state index contributed by atoms with van der Waals surface area (Å²) >= 11 is 0. The van der Waals surface area contributed by atoms with Crippen LogP contribution in [0.3, 0.4) is 0 Å². The molecule has 1 aromatic heterocycles. The third-order valence-electron chi connectivity index (χ3n) is 2.57. The number of H-pyrrole nitrogens is 1. The van der Waals surface area contributed by atoms with Gasteiger partial charge in [-0.1, -0.05) is 0 Å². The molecular weight excluding hydrogens is 220 g/mol. The molecule has 17 heavy (non-hydrogen) atoms. The second kappa shape index (κ2) is 4.29. The molecule has 0 aliphatic heterocycles. The Kier molecular flexibility index (Phi) is 2.82. The lowest BCUT2D eigenvalue weighted by atomic mass is 10.1. The van der Waals surface area contributed by atoms with Gasteiger partial charge in [0.05, 0.1) is 12.0 Å². The molecule has 1 heterocycles. The highest BCUT2D eigenvalue weighted by molar-refractivity contribution is 5.90. The van der Waals surface area contributed by atoms with E-state index in [4.69, 9.17) is 4.74 Å². The minimum absolute atomic E-state index is 0.105. The molecule has 0 spiro atoms.